The minimum absolute atomic E-state index is 0.00144. The van der Waals surface area contributed by atoms with Crippen LogP contribution in [0.4, 0.5) is 13.2 Å². The van der Waals surface area contributed by atoms with Crippen LogP contribution in [-0.2, 0) is 11.0 Å². The van der Waals surface area contributed by atoms with Gasteiger partial charge in [0.2, 0.25) is 5.91 Å². The summed E-state index contributed by atoms with van der Waals surface area (Å²) in [5, 5.41) is 3.59. The molecule has 1 fully saturated rings. The fourth-order valence-electron chi connectivity index (χ4n) is 3.40. The van der Waals surface area contributed by atoms with Gasteiger partial charge in [-0.1, -0.05) is 6.07 Å². The number of hydrogen-bond acceptors (Lipinski definition) is 4. The van der Waals surface area contributed by atoms with E-state index in [1.807, 2.05) is 13.0 Å². The van der Waals surface area contributed by atoms with Crippen LogP contribution in [0.5, 0.6) is 5.75 Å². The molecule has 2 aromatic heterocycles. The first-order valence-electron chi connectivity index (χ1n) is 9.17. The lowest BCUT2D eigenvalue weighted by atomic mass is 10.0. The number of nitrogens with zero attached hydrogens (tertiary/aromatic N) is 2. The quantitative estimate of drug-likeness (QED) is 0.711. The van der Waals surface area contributed by atoms with Gasteiger partial charge in [0, 0.05) is 42.2 Å². The molecule has 0 bridgehead atoms. The molecule has 1 saturated heterocycles. The summed E-state index contributed by atoms with van der Waals surface area (Å²) in [6.45, 7) is 2.46. The highest BCUT2D eigenvalue weighted by Crippen LogP contribution is 2.34. The van der Waals surface area contributed by atoms with Crippen molar-refractivity contribution in [2.24, 2.45) is 5.92 Å². The molecule has 5 nitrogen and oxygen atoms in total. The number of alkyl halides is 3. The summed E-state index contributed by atoms with van der Waals surface area (Å²) in [5.41, 5.74) is 0.900. The smallest absolute Gasteiger partial charge is 0.433 e. The van der Waals surface area contributed by atoms with Crippen LogP contribution in [-0.4, -0.2) is 28.5 Å². The number of halogens is 3. The van der Waals surface area contributed by atoms with Crippen molar-refractivity contribution in [2.45, 2.75) is 25.6 Å². The predicted molar refractivity (Wildman–Crippen MR) is 101 cm³/mol. The van der Waals surface area contributed by atoms with Crippen LogP contribution < -0.4 is 10.1 Å². The number of carbonyl (C=O) groups is 1. The predicted octanol–water partition coefficient (Wildman–Crippen LogP) is 4.22. The number of carbonyl (C=O) groups excluding carboxylic acids is 1. The molecule has 29 heavy (non-hydrogen) atoms. The third kappa shape index (κ3) is 4.01. The normalized spacial score (nSPS) is 17.9. The topological polar surface area (TPSA) is 64.1 Å². The van der Waals surface area contributed by atoms with E-state index >= 15 is 0 Å². The zero-order chi connectivity index (χ0) is 20.6. The zero-order valence-corrected chi connectivity index (χ0v) is 15.5. The molecule has 1 aliphatic rings. The summed E-state index contributed by atoms with van der Waals surface area (Å²) in [6.07, 6.45) is -1.47. The average molecular weight is 401 g/mol. The van der Waals surface area contributed by atoms with Gasteiger partial charge in [0.15, 0.2) is 0 Å². The third-order valence-corrected chi connectivity index (χ3v) is 5.06. The Balaban J connectivity index is 1.70. The molecule has 0 unspecified atom stereocenters. The van der Waals surface area contributed by atoms with Crippen molar-refractivity contribution in [1.29, 1.82) is 0 Å². The molecule has 3 heterocycles. The Bertz CT molecular complexity index is 1050. The number of aromatic nitrogens is 2. The van der Waals surface area contributed by atoms with Crippen LogP contribution in [0.2, 0.25) is 0 Å². The molecule has 3 aromatic rings. The number of nitrogens with one attached hydrogen (secondary N) is 1. The third-order valence-electron chi connectivity index (χ3n) is 5.06. The second-order valence-corrected chi connectivity index (χ2v) is 7.07. The Morgan fingerprint density at radius 1 is 1.17 bits per heavy atom. The van der Waals surface area contributed by atoms with Gasteiger partial charge in [0.25, 0.3) is 0 Å². The number of ether oxygens (including phenoxy) is 1. The van der Waals surface area contributed by atoms with E-state index in [-0.39, 0.29) is 17.9 Å². The fraction of sp³-hybridized carbons (Fsp3) is 0.286. The van der Waals surface area contributed by atoms with Gasteiger partial charge < -0.3 is 10.1 Å². The Labute approximate surface area is 164 Å². The summed E-state index contributed by atoms with van der Waals surface area (Å²) in [4.78, 5) is 19.4. The summed E-state index contributed by atoms with van der Waals surface area (Å²) < 4.78 is 44.5. The van der Waals surface area contributed by atoms with E-state index < -0.39 is 11.9 Å². The Morgan fingerprint density at radius 3 is 2.66 bits per heavy atom. The first-order chi connectivity index (χ1) is 13.8. The van der Waals surface area contributed by atoms with Crippen LogP contribution in [0.3, 0.4) is 0 Å². The summed E-state index contributed by atoms with van der Waals surface area (Å²) >= 11 is 0. The van der Waals surface area contributed by atoms with Crippen LogP contribution in [0.25, 0.3) is 22.0 Å². The van der Waals surface area contributed by atoms with Crippen LogP contribution >= 0.6 is 0 Å². The number of amides is 1. The molecule has 1 N–H and O–H groups in total. The Kier molecular flexibility index (Phi) is 4.86. The monoisotopic (exact) mass is 401 g/mol. The van der Waals surface area contributed by atoms with E-state index in [4.69, 9.17) is 4.74 Å². The van der Waals surface area contributed by atoms with Gasteiger partial charge in [0.1, 0.15) is 17.5 Å². The van der Waals surface area contributed by atoms with Crippen molar-refractivity contribution in [2.75, 3.05) is 6.54 Å². The Hall–Kier alpha value is -3.16. The maximum Gasteiger partial charge on any atom is 0.433 e. The van der Waals surface area contributed by atoms with E-state index in [1.165, 1.54) is 12.3 Å². The van der Waals surface area contributed by atoms with E-state index in [0.29, 0.717) is 35.4 Å². The lowest BCUT2D eigenvalue weighted by Crippen LogP contribution is -2.25. The van der Waals surface area contributed by atoms with Crippen LogP contribution in [0.1, 0.15) is 19.0 Å². The molecule has 0 saturated carbocycles. The maximum atomic E-state index is 12.8. The molecular weight excluding hydrogens is 383 g/mol. The average Bonchev–Trinajstić information content (AvgIpc) is 3.14. The van der Waals surface area contributed by atoms with Gasteiger partial charge in [-0.25, -0.2) is 0 Å². The van der Waals surface area contributed by atoms with Crippen molar-refractivity contribution in [3.05, 3.63) is 54.5 Å². The van der Waals surface area contributed by atoms with Gasteiger partial charge in [-0.3, -0.25) is 14.8 Å². The van der Waals surface area contributed by atoms with Crippen LogP contribution in [0, 0.1) is 5.92 Å². The highest BCUT2D eigenvalue weighted by Gasteiger charge is 2.32. The standard InChI is InChI=1S/C21H18F3N3O2/c1-12(15-9-20(28)27-11-15)29-18-8-14(7-17-16(18)3-2-6-25-17)13-4-5-19(26-10-13)21(22,23)24/h2-8,10,12,15H,9,11H2,1H3,(H,27,28)/t12-,15-/m1/s1. The molecule has 2 atom stereocenters. The highest BCUT2D eigenvalue weighted by molar-refractivity contribution is 5.90. The van der Waals surface area contributed by atoms with Crippen molar-refractivity contribution < 1.29 is 22.7 Å². The fourth-order valence-corrected chi connectivity index (χ4v) is 3.40. The van der Waals surface area contributed by atoms with E-state index in [0.717, 1.165) is 11.5 Å². The lowest BCUT2D eigenvalue weighted by molar-refractivity contribution is -0.141. The van der Waals surface area contributed by atoms with E-state index in [1.54, 1.807) is 24.4 Å². The molecule has 1 aliphatic heterocycles. The van der Waals surface area contributed by atoms with Crippen LogP contribution in [0.15, 0.2) is 48.8 Å². The number of rotatable bonds is 4. The SMILES string of the molecule is C[C@@H](Oc1cc(-c2ccc(C(F)(F)F)nc2)cc2ncccc12)[C@H]1CNC(=O)C1. The molecule has 4 rings (SSSR count). The van der Waals surface area contributed by atoms with Gasteiger partial charge >= 0.3 is 6.18 Å². The first kappa shape index (κ1) is 19.2. The number of hydrogen-bond donors (Lipinski definition) is 1. The second-order valence-electron chi connectivity index (χ2n) is 7.07. The second kappa shape index (κ2) is 7.35. The van der Waals surface area contributed by atoms with Gasteiger partial charge in [0.05, 0.1) is 5.52 Å². The molecule has 0 radical (unpaired) electrons. The zero-order valence-electron chi connectivity index (χ0n) is 15.5. The number of fused-ring (bicyclic) bond motifs is 1. The Morgan fingerprint density at radius 2 is 2.00 bits per heavy atom. The molecule has 150 valence electrons. The largest absolute Gasteiger partial charge is 0.490 e. The maximum absolute atomic E-state index is 12.8. The molecule has 1 aromatic carbocycles. The van der Waals surface area contributed by atoms with Gasteiger partial charge in [-0.2, -0.15) is 13.2 Å². The van der Waals surface area contributed by atoms with Crippen molar-refractivity contribution >= 4 is 16.8 Å². The van der Waals surface area contributed by atoms with Crippen molar-refractivity contribution in [3.63, 3.8) is 0 Å². The molecule has 0 spiro atoms. The van der Waals surface area contributed by atoms with Gasteiger partial charge in [-0.05, 0) is 42.8 Å². The highest BCUT2D eigenvalue weighted by atomic mass is 19.4. The first-order valence-corrected chi connectivity index (χ1v) is 9.17. The van der Waals surface area contributed by atoms with E-state index in [9.17, 15) is 18.0 Å². The number of pyridine rings is 2. The minimum atomic E-state index is -4.49. The minimum Gasteiger partial charge on any atom is -0.490 e. The molecule has 0 aliphatic carbocycles. The number of benzene rings is 1. The lowest BCUT2D eigenvalue weighted by Gasteiger charge is -2.21. The van der Waals surface area contributed by atoms with Crippen molar-refractivity contribution in [3.8, 4) is 16.9 Å². The molecule has 1 amide bonds. The summed E-state index contributed by atoms with van der Waals surface area (Å²) in [7, 11) is 0. The summed E-state index contributed by atoms with van der Waals surface area (Å²) in [5.74, 6) is 0.615. The van der Waals surface area contributed by atoms with E-state index in [2.05, 4.69) is 15.3 Å². The summed E-state index contributed by atoms with van der Waals surface area (Å²) in [6, 6.07) is 9.56. The van der Waals surface area contributed by atoms with Gasteiger partial charge in [-0.15, -0.1) is 0 Å². The van der Waals surface area contributed by atoms with Crippen molar-refractivity contribution in [1.82, 2.24) is 15.3 Å². The molecule has 8 heteroatoms. The molecular formula is C21H18F3N3O2.